The van der Waals surface area contributed by atoms with Gasteiger partial charge in [0, 0.05) is 44.4 Å². The summed E-state index contributed by atoms with van der Waals surface area (Å²) >= 11 is 0. The Labute approximate surface area is 230 Å². The molecule has 1 aromatic heterocycles. The van der Waals surface area contributed by atoms with E-state index in [1.54, 1.807) is 17.2 Å². The van der Waals surface area contributed by atoms with Crippen molar-refractivity contribution < 1.29 is 24.0 Å². The molecule has 2 atom stereocenters. The lowest BCUT2D eigenvalue weighted by molar-refractivity contribution is -0.136. The smallest absolute Gasteiger partial charge is 0.262 e. The summed E-state index contributed by atoms with van der Waals surface area (Å²) in [6.07, 6.45) is 1.91. The van der Waals surface area contributed by atoms with E-state index in [1.807, 2.05) is 36.4 Å². The van der Waals surface area contributed by atoms with Crippen LogP contribution >= 0.6 is 0 Å². The number of nitrogens with one attached hydrogen (secondary N) is 1. The van der Waals surface area contributed by atoms with E-state index in [4.69, 9.17) is 0 Å². The quantitative estimate of drug-likeness (QED) is 0.495. The van der Waals surface area contributed by atoms with Gasteiger partial charge in [-0.05, 0) is 42.3 Å². The molecule has 3 aliphatic rings. The topological polar surface area (TPSA) is 120 Å². The Morgan fingerprint density at radius 2 is 1.57 bits per heavy atom. The molecule has 202 valence electrons. The van der Waals surface area contributed by atoms with Crippen molar-refractivity contribution >= 4 is 29.5 Å². The van der Waals surface area contributed by atoms with Gasteiger partial charge in [-0.1, -0.05) is 36.4 Å². The molecule has 0 spiro atoms. The summed E-state index contributed by atoms with van der Waals surface area (Å²) in [5, 5.41) is 2.19. The van der Waals surface area contributed by atoms with Crippen LogP contribution in [0.5, 0.6) is 0 Å². The minimum atomic E-state index is -1.05. The molecule has 3 aliphatic heterocycles. The summed E-state index contributed by atoms with van der Waals surface area (Å²) in [5.41, 5.74) is 2.62. The van der Waals surface area contributed by atoms with Crippen molar-refractivity contribution in [2.45, 2.75) is 24.9 Å². The van der Waals surface area contributed by atoms with Crippen LogP contribution in [0.4, 0.5) is 0 Å². The number of benzene rings is 2. The van der Waals surface area contributed by atoms with Gasteiger partial charge in [0.15, 0.2) is 0 Å². The highest BCUT2D eigenvalue weighted by Crippen LogP contribution is 2.30. The Morgan fingerprint density at radius 3 is 2.27 bits per heavy atom. The molecule has 10 nitrogen and oxygen atoms in total. The number of imide groups is 2. The van der Waals surface area contributed by atoms with Crippen LogP contribution in [0.1, 0.15) is 61.2 Å². The zero-order valence-corrected chi connectivity index (χ0v) is 21.7. The van der Waals surface area contributed by atoms with Gasteiger partial charge in [0.2, 0.25) is 11.8 Å². The number of piperidine rings is 1. The first-order valence-electron chi connectivity index (χ1n) is 13.3. The van der Waals surface area contributed by atoms with E-state index in [-0.39, 0.29) is 35.9 Å². The SMILES string of the molecule is O=C1CCC(N2C(=O)c3ccc(C(=O)N4CCN(C(c5ccccc5)c5ccccn5)CC4)cc3C2=O)C(=O)N1. The van der Waals surface area contributed by atoms with Gasteiger partial charge in [-0.25, -0.2) is 0 Å². The van der Waals surface area contributed by atoms with Crippen LogP contribution < -0.4 is 5.32 Å². The molecule has 2 saturated heterocycles. The van der Waals surface area contributed by atoms with E-state index >= 15 is 0 Å². The van der Waals surface area contributed by atoms with Gasteiger partial charge < -0.3 is 4.90 Å². The average Bonchev–Trinajstić information content (AvgIpc) is 3.23. The molecule has 0 radical (unpaired) electrons. The Hall–Kier alpha value is -4.70. The molecule has 3 aromatic rings. The van der Waals surface area contributed by atoms with E-state index in [2.05, 4.69) is 27.3 Å². The molecule has 10 heteroatoms. The molecule has 2 aromatic carbocycles. The van der Waals surface area contributed by atoms with Crippen molar-refractivity contribution in [1.82, 2.24) is 25.0 Å². The highest BCUT2D eigenvalue weighted by molar-refractivity contribution is 6.24. The summed E-state index contributed by atoms with van der Waals surface area (Å²) < 4.78 is 0. The first kappa shape index (κ1) is 25.6. The van der Waals surface area contributed by atoms with Gasteiger partial charge in [-0.3, -0.25) is 44.1 Å². The van der Waals surface area contributed by atoms with Crippen LogP contribution in [0.2, 0.25) is 0 Å². The fourth-order valence-corrected chi connectivity index (χ4v) is 5.71. The zero-order chi connectivity index (χ0) is 27.8. The molecule has 0 aliphatic carbocycles. The second kappa shape index (κ2) is 10.5. The molecule has 40 heavy (non-hydrogen) atoms. The molecular weight excluding hydrogens is 510 g/mol. The second-order valence-corrected chi connectivity index (χ2v) is 10.1. The largest absolute Gasteiger partial charge is 0.336 e. The Kier molecular flexibility index (Phi) is 6.69. The lowest BCUT2D eigenvalue weighted by atomic mass is 10.00. The number of fused-ring (bicyclic) bond motifs is 1. The molecule has 0 saturated carbocycles. The number of hydrogen-bond acceptors (Lipinski definition) is 7. The number of carbonyl (C=O) groups is 5. The number of hydrogen-bond donors (Lipinski definition) is 1. The molecule has 1 N–H and O–H groups in total. The molecule has 2 unspecified atom stereocenters. The van der Waals surface area contributed by atoms with Crippen LogP contribution in [0.3, 0.4) is 0 Å². The fourth-order valence-electron chi connectivity index (χ4n) is 5.71. The highest BCUT2D eigenvalue weighted by Gasteiger charge is 2.45. The lowest BCUT2D eigenvalue weighted by Crippen LogP contribution is -2.54. The third kappa shape index (κ3) is 4.56. The summed E-state index contributed by atoms with van der Waals surface area (Å²) in [7, 11) is 0. The number of aromatic nitrogens is 1. The number of pyridine rings is 1. The van der Waals surface area contributed by atoms with Crippen molar-refractivity contribution in [1.29, 1.82) is 0 Å². The number of carbonyl (C=O) groups excluding carboxylic acids is 5. The van der Waals surface area contributed by atoms with Crippen LogP contribution in [0, 0.1) is 0 Å². The third-order valence-electron chi connectivity index (χ3n) is 7.74. The molecule has 6 rings (SSSR count). The summed E-state index contributed by atoms with van der Waals surface area (Å²) in [4.78, 5) is 73.0. The predicted molar refractivity (Wildman–Crippen MR) is 143 cm³/mol. The highest BCUT2D eigenvalue weighted by atomic mass is 16.2. The molecule has 4 heterocycles. The Morgan fingerprint density at radius 1 is 0.850 bits per heavy atom. The van der Waals surface area contributed by atoms with Crippen molar-refractivity contribution in [3.8, 4) is 0 Å². The molecular formula is C30H27N5O5. The van der Waals surface area contributed by atoms with Crippen molar-refractivity contribution in [2.24, 2.45) is 0 Å². The average molecular weight is 538 g/mol. The van der Waals surface area contributed by atoms with Crippen molar-refractivity contribution in [3.05, 3.63) is 101 Å². The third-order valence-corrected chi connectivity index (χ3v) is 7.74. The van der Waals surface area contributed by atoms with E-state index in [0.29, 0.717) is 31.7 Å². The van der Waals surface area contributed by atoms with E-state index in [1.165, 1.54) is 12.1 Å². The van der Waals surface area contributed by atoms with Crippen molar-refractivity contribution in [3.63, 3.8) is 0 Å². The van der Waals surface area contributed by atoms with Crippen LogP contribution in [-0.4, -0.2) is 81.4 Å². The van der Waals surface area contributed by atoms with Crippen molar-refractivity contribution in [2.75, 3.05) is 26.2 Å². The minimum Gasteiger partial charge on any atom is -0.336 e. The number of amides is 5. The van der Waals surface area contributed by atoms with Gasteiger partial charge in [0.1, 0.15) is 6.04 Å². The summed E-state index contributed by atoms with van der Waals surface area (Å²) in [6.45, 7) is 2.24. The molecule has 0 bridgehead atoms. The van der Waals surface area contributed by atoms with Gasteiger partial charge in [-0.2, -0.15) is 0 Å². The Bertz CT molecular complexity index is 1460. The first-order valence-corrected chi connectivity index (χ1v) is 13.3. The van der Waals surface area contributed by atoms with Gasteiger partial charge in [0.25, 0.3) is 17.7 Å². The minimum absolute atomic E-state index is 0.0402. The predicted octanol–water partition coefficient (Wildman–Crippen LogP) is 2.03. The second-order valence-electron chi connectivity index (χ2n) is 10.1. The zero-order valence-electron chi connectivity index (χ0n) is 21.7. The maximum absolute atomic E-state index is 13.5. The van der Waals surface area contributed by atoms with Gasteiger partial charge >= 0.3 is 0 Å². The maximum atomic E-state index is 13.5. The van der Waals surface area contributed by atoms with Crippen LogP contribution in [-0.2, 0) is 9.59 Å². The fraction of sp³-hybridized carbons (Fsp3) is 0.267. The van der Waals surface area contributed by atoms with E-state index in [9.17, 15) is 24.0 Å². The van der Waals surface area contributed by atoms with Gasteiger partial charge in [-0.15, -0.1) is 0 Å². The normalized spacial score (nSPS) is 20.4. The number of rotatable bonds is 5. The molecule has 5 amide bonds. The number of piperazine rings is 1. The summed E-state index contributed by atoms with van der Waals surface area (Å²) in [6, 6.07) is 19.4. The van der Waals surface area contributed by atoms with Crippen LogP contribution in [0.25, 0.3) is 0 Å². The first-order chi connectivity index (χ1) is 19.4. The number of nitrogens with zero attached hydrogens (tertiary/aromatic N) is 4. The maximum Gasteiger partial charge on any atom is 0.262 e. The van der Waals surface area contributed by atoms with Crippen LogP contribution in [0.15, 0.2) is 72.9 Å². The Balaban J connectivity index is 1.17. The monoisotopic (exact) mass is 537 g/mol. The lowest BCUT2D eigenvalue weighted by Gasteiger charge is -2.39. The summed E-state index contributed by atoms with van der Waals surface area (Å²) in [5.74, 6) is -2.55. The molecule has 2 fully saturated rings. The standard InChI is InChI=1S/C30H27N5O5/c36-25-12-11-24(27(37)32-25)35-29(39)21-10-9-20(18-22(21)30(35)40)28(38)34-16-14-33(15-17-34)26(19-6-2-1-3-7-19)23-8-4-5-13-31-23/h1-10,13,18,24,26H,11-12,14-17H2,(H,32,36,37). The van der Waals surface area contributed by atoms with E-state index in [0.717, 1.165) is 16.2 Å². The van der Waals surface area contributed by atoms with E-state index < -0.39 is 29.7 Å². The van der Waals surface area contributed by atoms with Gasteiger partial charge in [0.05, 0.1) is 22.9 Å².